The molecular formula is C15H13N3O3S. The maximum Gasteiger partial charge on any atom is 0.268 e. The van der Waals surface area contributed by atoms with Gasteiger partial charge in [0.1, 0.15) is 10.5 Å². The molecule has 2 N–H and O–H groups in total. The van der Waals surface area contributed by atoms with Gasteiger partial charge in [0.05, 0.1) is 12.1 Å². The number of ether oxygens (including phenoxy) is 2. The van der Waals surface area contributed by atoms with E-state index in [9.17, 15) is 4.79 Å². The topological polar surface area (TPSA) is 76.2 Å². The fraction of sp³-hybridized carbons (Fsp3) is 0.200. The Bertz CT molecular complexity index is 887. The van der Waals surface area contributed by atoms with E-state index in [-0.39, 0.29) is 12.4 Å². The fourth-order valence-electron chi connectivity index (χ4n) is 2.38. The van der Waals surface area contributed by atoms with E-state index in [0.29, 0.717) is 23.6 Å². The molecule has 1 aromatic carbocycles. The van der Waals surface area contributed by atoms with Crippen molar-refractivity contribution in [3.8, 4) is 11.5 Å². The molecule has 0 atom stereocenters. The molecular weight excluding hydrogens is 302 g/mol. The molecule has 3 heterocycles. The van der Waals surface area contributed by atoms with E-state index in [2.05, 4.69) is 15.3 Å². The number of hydrogen-bond acceptors (Lipinski definition) is 6. The maximum absolute atomic E-state index is 11.9. The molecule has 0 fully saturated rings. The molecule has 0 radical (unpaired) electrons. The Balaban J connectivity index is 1.44. The Morgan fingerprint density at radius 1 is 1.23 bits per heavy atom. The van der Waals surface area contributed by atoms with Crippen LogP contribution in [0.15, 0.2) is 34.4 Å². The van der Waals surface area contributed by atoms with E-state index in [1.165, 1.54) is 11.3 Å². The molecule has 0 unspecified atom stereocenters. The molecule has 6 nitrogen and oxygen atoms in total. The van der Waals surface area contributed by atoms with Gasteiger partial charge in [-0.2, -0.15) is 0 Å². The summed E-state index contributed by atoms with van der Waals surface area (Å²) < 4.78 is 11.3. The van der Waals surface area contributed by atoms with Crippen LogP contribution in [0, 0.1) is 0 Å². The molecule has 3 aromatic rings. The van der Waals surface area contributed by atoms with Crippen molar-refractivity contribution in [3.05, 3.63) is 51.4 Å². The highest BCUT2D eigenvalue weighted by Crippen LogP contribution is 2.32. The third-order valence-corrected chi connectivity index (χ3v) is 4.32. The molecule has 1 aliphatic rings. The SMILES string of the molecule is O=c1[nH]c(CNCc2ccc3c(c2)OCO3)nc2ccsc12. The van der Waals surface area contributed by atoms with Gasteiger partial charge in [0.25, 0.3) is 5.56 Å². The zero-order chi connectivity index (χ0) is 14.9. The van der Waals surface area contributed by atoms with Crippen molar-refractivity contribution in [1.82, 2.24) is 15.3 Å². The number of thiophene rings is 1. The summed E-state index contributed by atoms with van der Waals surface area (Å²) in [5.74, 6) is 2.18. The van der Waals surface area contributed by atoms with Crippen LogP contribution in [0.5, 0.6) is 11.5 Å². The first kappa shape index (κ1) is 13.3. The average molecular weight is 315 g/mol. The van der Waals surface area contributed by atoms with Gasteiger partial charge in [-0.3, -0.25) is 4.79 Å². The van der Waals surface area contributed by atoms with Gasteiger partial charge in [0.15, 0.2) is 11.5 Å². The van der Waals surface area contributed by atoms with Gasteiger partial charge < -0.3 is 19.8 Å². The Labute approximate surface area is 129 Å². The predicted octanol–water partition coefficient (Wildman–Crippen LogP) is 2.00. The second kappa shape index (κ2) is 5.43. The van der Waals surface area contributed by atoms with Gasteiger partial charge in [-0.05, 0) is 29.1 Å². The molecule has 1 aliphatic heterocycles. The molecule has 4 rings (SSSR count). The first-order valence-corrected chi connectivity index (χ1v) is 7.73. The number of aromatic amines is 1. The van der Waals surface area contributed by atoms with Crippen molar-refractivity contribution >= 4 is 21.6 Å². The van der Waals surface area contributed by atoms with Crippen LogP contribution in [-0.2, 0) is 13.1 Å². The lowest BCUT2D eigenvalue weighted by Gasteiger charge is -2.05. The van der Waals surface area contributed by atoms with E-state index < -0.39 is 0 Å². The van der Waals surface area contributed by atoms with E-state index in [1.54, 1.807) is 0 Å². The standard InChI is InChI=1S/C15H13N3O3S/c19-15-14-10(3-4-22-14)17-13(18-15)7-16-6-9-1-2-11-12(5-9)21-8-20-11/h1-5,16H,6-8H2,(H,17,18,19). The minimum absolute atomic E-state index is 0.0834. The summed E-state index contributed by atoms with van der Waals surface area (Å²) in [6.45, 7) is 1.43. The monoisotopic (exact) mass is 315 g/mol. The fourth-order valence-corrected chi connectivity index (χ4v) is 3.11. The second-order valence-electron chi connectivity index (χ2n) is 4.94. The zero-order valence-electron chi connectivity index (χ0n) is 11.6. The van der Waals surface area contributed by atoms with Crippen LogP contribution in [0.1, 0.15) is 11.4 Å². The van der Waals surface area contributed by atoms with Gasteiger partial charge in [0.2, 0.25) is 6.79 Å². The largest absolute Gasteiger partial charge is 0.454 e. The van der Waals surface area contributed by atoms with E-state index >= 15 is 0 Å². The van der Waals surface area contributed by atoms with Crippen LogP contribution in [0.2, 0.25) is 0 Å². The minimum atomic E-state index is -0.0834. The summed E-state index contributed by atoms with van der Waals surface area (Å²) in [6, 6.07) is 7.69. The quantitative estimate of drug-likeness (QED) is 0.770. The minimum Gasteiger partial charge on any atom is -0.454 e. The summed E-state index contributed by atoms with van der Waals surface area (Å²) >= 11 is 1.40. The van der Waals surface area contributed by atoms with Crippen LogP contribution in [0.25, 0.3) is 10.2 Å². The van der Waals surface area contributed by atoms with Crippen LogP contribution in [0.3, 0.4) is 0 Å². The number of rotatable bonds is 4. The third-order valence-electron chi connectivity index (χ3n) is 3.42. The summed E-state index contributed by atoms with van der Waals surface area (Å²) in [5, 5.41) is 5.14. The van der Waals surface area contributed by atoms with Gasteiger partial charge in [-0.25, -0.2) is 4.98 Å². The van der Waals surface area contributed by atoms with Crippen LogP contribution in [0.4, 0.5) is 0 Å². The Hall–Kier alpha value is -2.38. The normalized spacial score (nSPS) is 12.9. The van der Waals surface area contributed by atoms with Crippen molar-refractivity contribution < 1.29 is 9.47 Å². The summed E-state index contributed by atoms with van der Waals surface area (Å²) in [4.78, 5) is 19.1. The van der Waals surface area contributed by atoms with Crippen LogP contribution >= 0.6 is 11.3 Å². The first-order chi connectivity index (χ1) is 10.8. The van der Waals surface area contributed by atoms with Crippen molar-refractivity contribution in [2.24, 2.45) is 0 Å². The molecule has 0 aliphatic carbocycles. The zero-order valence-corrected chi connectivity index (χ0v) is 12.4. The van der Waals surface area contributed by atoms with Gasteiger partial charge >= 0.3 is 0 Å². The highest BCUT2D eigenvalue weighted by atomic mass is 32.1. The summed E-state index contributed by atoms with van der Waals surface area (Å²) in [7, 11) is 0. The average Bonchev–Trinajstić information content (AvgIpc) is 3.15. The number of benzene rings is 1. The third kappa shape index (κ3) is 2.44. The Morgan fingerprint density at radius 3 is 3.09 bits per heavy atom. The van der Waals surface area contributed by atoms with Gasteiger partial charge in [0, 0.05) is 6.54 Å². The van der Waals surface area contributed by atoms with Crippen molar-refractivity contribution in [2.75, 3.05) is 6.79 Å². The predicted molar refractivity (Wildman–Crippen MR) is 83.3 cm³/mol. The van der Waals surface area contributed by atoms with E-state index in [4.69, 9.17) is 9.47 Å². The summed E-state index contributed by atoms with van der Waals surface area (Å²) in [5.41, 5.74) is 1.75. The lowest BCUT2D eigenvalue weighted by atomic mass is 10.2. The second-order valence-corrected chi connectivity index (χ2v) is 5.85. The molecule has 0 amide bonds. The van der Waals surface area contributed by atoms with Crippen molar-refractivity contribution in [3.63, 3.8) is 0 Å². The molecule has 0 bridgehead atoms. The lowest BCUT2D eigenvalue weighted by molar-refractivity contribution is 0.174. The van der Waals surface area contributed by atoms with Gasteiger partial charge in [-0.15, -0.1) is 11.3 Å². The maximum atomic E-state index is 11.9. The molecule has 22 heavy (non-hydrogen) atoms. The molecule has 7 heteroatoms. The molecule has 0 saturated heterocycles. The number of hydrogen-bond donors (Lipinski definition) is 2. The molecule has 2 aromatic heterocycles. The van der Waals surface area contributed by atoms with E-state index in [1.807, 2.05) is 29.6 Å². The van der Waals surface area contributed by atoms with Gasteiger partial charge in [-0.1, -0.05) is 6.07 Å². The van der Waals surface area contributed by atoms with Crippen molar-refractivity contribution in [1.29, 1.82) is 0 Å². The van der Waals surface area contributed by atoms with E-state index in [0.717, 1.165) is 22.6 Å². The smallest absolute Gasteiger partial charge is 0.268 e. The highest BCUT2D eigenvalue weighted by molar-refractivity contribution is 7.17. The molecule has 0 spiro atoms. The summed E-state index contributed by atoms with van der Waals surface area (Å²) in [6.07, 6.45) is 0. The number of nitrogens with zero attached hydrogens (tertiary/aromatic N) is 1. The first-order valence-electron chi connectivity index (χ1n) is 6.85. The van der Waals surface area contributed by atoms with Crippen LogP contribution in [-0.4, -0.2) is 16.8 Å². The molecule has 112 valence electrons. The highest BCUT2D eigenvalue weighted by Gasteiger charge is 2.13. The number of fused-ring (bicyclic) bond motifs is 2. The Kier molecular flexibility index (Phi) is 3.28. The number of aromatic nitrogens is 2. The molecule has 0 saturated carbocycles. The number of H-pyrrole nitrogens is 1. The van der Waals surface area contributed by atoms with Crippen LogP contribution < -0.4 is 20.3 Å². The van der Waals surface area contributed by atoms with Crippen molar-refractivity contribution in [2.45, 2.75) is 13.1 Å². The number of nitrogens with one attached hydrogen (secondary N) is 2. The Morgan fingerprint density at radius 2 is 2.14 bits per heavy atom. The lowest BCUT2D eigenvalue weighted by Crippen LogP contribution is -2.18.